The highest BCUT2D eigenvalue weighted by Crippen LogP contribution is 2.38. The number of aliphatic hydroxyl groups excluding tert-OH is 1. The zero-order valence-corrected chi connectivity index (χ0v) is 34.5. The van der Waals surface area contributed by atoms with E-state index in [0.717, 1.165) is 38.5 Å². The monoisotopic (exact) mass is 731 g/mol. The highest BCUT2D eigenvalue weighted by atomic mass is 31.2. The van der Waals surface area contributed by atoms with Crippen LogP contribution < -0.4 is 10.2 Å². The molecule has 3 atom stereocenters. The molecular weight excluding hydrogens is 647 g/mol. The summed E-state index contributed by atoms with van der Waals surface area (Å²) in [7, 11) is 1.27. The van der Waals surface area contributed by atoms with Crippen molar-refractivity contribution in [3.05, 3.63) is 12.2 Å². The Balaban J connectivity index is 4.46. The zero-order chi connectivity index (χ0) is 37.2. The molecular formula is C41H83N2O6P. The number of hydrogen-bond donors (Lipinski definition) is 2. The van der Waals surface area contributed by atoms with Crippen LogP contribution in [0.4, 0.5) is 0 Å². The maximum absolute atomic E-state index is 12.8. The normalized spacial score (nSPS) is 14.6. The van der Waals surface area contributed by atoms with E-state index in [0.29, 0.717) is 17.4 Å². The van der Waals surface area contributed by atoms with Gasteiger partial charge in [-0.25, -0.2) is 0 Å². The first kappa shape index (κ1) is 49.2. The molecule has 0 spiro atoms. The van der Waals surface area contributed by atoms with Gasteiger partial charge in [0.2, 0.25) is 5.91 Å². The van der Waals surface area contributed by atoms with Crippen LogP contribution in [0.2, 0.25) is 0 Å². The third-order valence-electron chi connectivity index (χ3n) is 9.50. The number of nitrogens with one attached hydrogen (secondary N) is 1. The molecule has 0 radical (unpaired) electrons. The van der Waals surface area contributed by atoms with Crippen LogP contribution in [0.15, 0.2) is 12.2 Å². The maximum atomic E-state index is 12.8. The quantitative estimate of drug-likeness (QED) is 0.0283. The molecule has 0 aliphatic heterocycles. The average molecular weight is 731 g/mol. The Morgan fingerprint density at radius 2 is 1.08 bits per heavy atom. The predicted octanol–water partition coefficient (Wildman–Crippen LogP) is 10.6. The fourth-order valence-electron chi connectivity index (χ4n) is 6.09. The summed E-state index contributed by atoms with van der Waals surface area (Å²) in [4.78, 5) is 25.2. The van der Waals surface area contributed by atoms with Gasteiger partial charge in [-0.2, -0.15) is 0 Å². The first-order valence-corrected chi connectivity index (χ1v) is 22.5. The Hall–Kier alpha value is -0.760. The Labute approximate surface area is 310 Å². The SMILES string of the molecule is CCCCCCCCCCCCCCC/C=C/[C@@H](O)[C@H](COP(=O)([O-])OCC[N+](C)(C)C)NC(=O)CCCCCCCCCCCCCCC. The lowest BCUT2D eigenvalue weighted by atomic mass is 10.0. The van der Waals surface area contributed by atoms with Crippen LogP contribution in [0.3, 0.4) is 0 Å². The first-order valence-electron chi connectivity index (χ1n) is 21.1. The minimum atomic E-state index is -4.58. The number of hydrogen-bond acceptors (Lipinski definition) is 6. The van der Waals surface area contributed by atoms with E-state index in [4.69, 9.17) is 9.05 Å². The summed E-state index contributed by atoms with van der Waals surface area (Å²) < 4.78 is 23.1. The van der Waals surface area contributed by atoms with Gasteiger partial charge >= 0.3 is 0 Å². The van der Waals surface area contributed by atoms with Gasteiger partial charge in [-0.3, -0.25) is 9.36 Å². The average Bonchev–Trinajstić information content (AvgIpc) is 3.06. The third-order valence-corrected chi connectivity index (χ3v) is 10.5. The van der Waals surface area contributed by atoms with Gasteiger partial charge < -0.3 is 28.8 Å². The number of carbonyl (C=O) groups excluding carboxylic acids is 1. The summed E-state index contributed by atoms with van der Waals surface area (Å²) in [5.74, 6) is -0.197. The van der Waals surface area contributed by atoms with Gasteiger partial charge in [-0.1, -0.05) is 180 Å². The number of quaternary nitrogens is 1. The molecule has 1 unspecified atom stereocenters. The standard InChI is InChI=1S/C41H83N2O6P/c1-6-8-10-12-14-16-18-20-21-23-24-26-28-30-32-34-40(44)39(38-49-50(46,47)48-37-36-43(3,4)5)42-41(45)35-33-31-29-27-25-22-19-17-15-13-11-9-7-2/h32,34,39-40,44H,6-31,33,35-38H2,1-5H3,(H-,42,45,46,47)/b34-32+/t39-,40+/m0/s1. The molecule has 0 bridgehead atoms. The van der Waals surface area contributed by atoms with E-state index in [-0.39, 0.29) is 19.1 Å². The van der Waals surface area contributed by atoms with Crippen molar-refractivity contribution in [3.63, 3.8) is 0 Å². The van der Waals surface area contributed by atoms with Crippen LogP contribution in [0.1, 0.15) is 194 Å². The smallest absolute Gasteiger partial charge is 0.268 e. The molecule has 0 fully saturated rings. The largest absolute Gasteiger partial charge is 0.756 e. The van der Waals surface area contributed by atoms with Crippen LogP contribution in [-0.4, -0.2) is 68.5 Å². The van der Waals surface area contributed by atoms with Gasteiger partial charge in [0.05, 0.1) is 39.9 Å². The summed E-state index contributed by atoms with van der Waals surface area (Å²) in [5, 5.41) is 13.7. The molecule has 0 rings (SSSR count). The summed E-state index contributed by atoms with van der Waals surface area (Å²) >= 11 is 0. The van der Waals surface area contributed by atoms with Crippen molar-refractivity contribution in [1.82, 2.24) is 5.32 Å². The number of nitrogens with zero attached hydrogens (tertiary/aromatic N) is 1. The number of likely N-dealkylation sites (N-methyl/N-ethyl adjacent to an activating group) is 1. The third kappa shape index (κ3) is 35.6. The Kier molecular flexibility index (Phi) is 33.5. The number of unbranched alkanes of at least 4 members (excludes halogenated alkanes) is 25. The van der Waals surface area contributed by atoms with Gasteiger partial charge in [-0.05, 0) is 19.3 Å². The summed E-state index contributed by atoms with van der Waals surface area (Å²) in [6.07, 6.45) is 36.7. The fourth-order valence-corrected chi connectivity index (χ4v) is 6.82. The molecule has 298 valence electrons. The lowest BCUT2D eigenvalue weighted by Crippen LogP contribution is -2.45. The van der Waals surface area contributed by atoms with Crippen LogP contribution >= 0.6 is 7.82 Å². The summed E-state index contributed by atoms with van der Waals surface area (Å²) in [5.41, 5.74) is 0. The van der Waals surface area contributed by atoms with Crippen molar-refractivity contribution in [3.8, 4) is 0 Å². The van der Waals surface area contributed by atoms with E-state index in [1.807, 2.05) is 27.2 Å². The molecule has 0 heterocycles. The zero-order valence-electron chi connectivity index (χ0n) is 33.6. The lowest BCUT2D eigenvalue weighted by molar-refractivity contribution is -0.870. The van der Waals surface area contributed by atoms with Gasteiger partial charge in [0.1, 0.15) is 13.2 Å². The van der Waals surface area contributed by atoms with Crippen LogP contribution in [-0.2, 0) is 18.4 Å². The molecule has 0 saturated heterocycles. The fraction of sp³-hybridized carbons (Fsp3) is 0.927. The second-order valence-electron chi connectivity index (χ2n) is 15.7. The van der Waals surface area contributed by atoms with Crippen molar-refractivity contribution in [2.75, 3.05) is 40.9 Å². The molecule has 0 aliphatic carbocycles. The van der Waals surface area contributed by atoms with Crippen molar-refractivity contribution < 1.29 is 32.9 Å². The lowest BCUT2D eigenvalue weighted by Gasteiger charge is -2.29. The second kappa shape index (κ2) is 34.0. The van der Waals surface area contributed by atoms with Crippen LogP contribution in [0.5, 0.6) is 0 Å². The molecule has 50 heavy (non-hydrogen) atoms. The number of amides is 1. The first-order chi connectivity index (χ1) is 24.0. The second-order valence-corrected chi connectivity index (χ2v) is 17.1. The van der Waals surface area contributed by atoms with E-state index in [1.54, 1.807) is 6.08 Å². The van der Waals surface area contributed by atoms with Gasteiger partial charge in [0, 0.05) is 6.42 Å². The molecule has 0 aromatic rings. The number of rotatable bonds is 38. The molecule has 2 N–H and O–H groups in total. The van der Waals surface area contributed by atoms with Crippen molar-refractivity contribution >= 4 is 13.7 Å². The molecule has 0 aromatic heterocycles. The molecule has 1 amide bonds. The molecule has 0 saturated carbocycles. The summed E-state index contributed by atoms with van der Waals surface area (Å²) in [6.45, 7) is 4.64. The van der Waals surface area contributed by atoms with Crippen LogP contribution in [0, 0.1) is 0 Å². The number of phosphoric acid groups is 1. The number of phosphoric ester groups is 1. The molecule has 8 nitrogen and oxygen atoms in total. The Morgan fingerprint density at radius 3 is 1.50 bits per heavy atom. The number of allylic oxidation sites excluding steroid dienone is 1. The minimum absolute atomic E-state index is 0.00192. The topological polar surface area (TPSA) is 108 Å². The minimum Gasteiger partial charge on any atom is -0.756 e. The van der Waals surface area contributed by atoms with E-state index in [2.05, 4.69) is 19.2 Å². The van der Waals surface area contributed by atoms with Crippen molar-refractivity contribution in [2.24, 2.45) is 0 Å². The van der Waals surface area contributed by atoms with E-state index >= 15 is 0 Å². The van der Waals surface area contributed by atoms with Crippen molar-refractivity contribution in [2.45, 2.75) is 206 Å². The molecule has 0 aliphatic rings. The summed E-state index contributed by atoms with van der Waals surface area (Å²) in [6, 6.07) is -0.878. The van der Waals surface area contributed by atoms with Gasteiger partial charge in [0.25, 0.3) is 7.82 Å². The van der Waals surface area contributed by atoms with Crippen molar-refractivity contribution in [1.29, 1.82) is 0 Å². The van der Waals surface area contributed by atoms with E-state index < -0.39 is 20.0 Å². The number of aliphatic hydroxyl groups is 1. The van der Waals surface area contributed by atoms with E-state index in [9.17, 15) is 19.4 Å². The molecule has 0 aromatic carbocycles. The van der Waals surface area contributed by atoms with Crippen LogP contribution in [0.25, 0.3) is 0 Å². The van der Waals surface area contributed by atoms with E-state index in [1.165, 1.54) is 135 Å². The highest BCUT2D eigenvalue weighted by Gasteiger charge is 2.23. The molecule has 9 heteroatoms. The maximum Gasteiger partial charge on any atom is 0.268 e. The van der Waals surface area contributed by atoms with Gasteiger partial charge in [0.15, 0.2) is 0 Å². The highest BCUT2D eigenvalue weighted by molar-refractivity contribution is 7.45. The Morgan fingerprint density at radius 1 is 0.680 bits per heavy atom. The number of carbonyl (C=O) groups is 1. The predicted molar refractivity (Wildman–Crippen MR) is 210 cm³/mol. The Bertz CT molecular complexity index is 834. The van der Waals surface area contributed by atoms with Gasteiger partial charge in [-0.15, -0.1) is 0 Å².